The molecule has 0 saturated carbocycles. The maximum atomic E-state index is 4.65. The zero-order valence-corrected chi connectivity index (χ0v) is 27.8. The molecule has 0 nitrogen and oxygen atoms in total. The monoisotopic (exact) mass is 606 g/mol. The standard InChI is InChI=1S/C47H42/c1-5-36-37-18-9-12-22-42(37)47(43-23-13-10-19-38(36)43)44-24-14-11-20-40(44)46-39(21-15-25-45(46)47)41(31(2)3)30-32(4)33-26-28-35(29-27-33)34-16-7-6-8-17-34/h6-26,28,30-31,36H,4-5,27,29H2,1-3H3/b41-30+. The molecular formula is C47H42. The maximum absolute atomic E-state index is 4.65. The molecule has 8 rings (SSSR count). The van der Waals surface area contributed by atoms with E-state index in [2.05, 4.69) is 167 Å². The van der Waals surface area contributed by atoms with Gasteiger partial charge in [0.2, 0.25) is 0 Å². The lowest BCUT2D eigenvalue weighted by Crippen LogP contribution is -2.35. The molecular weight excluding hydrogens is 565 g/mol. The van der Waals surface area contributed by atoms with Gasteiger partial charge in [0.15, 0.2) is 0 Å². The van der Waals surface area contributed by atoms with E-state index in [0.29, 0.717) is 11.8 Å². The van der Waals surface area contributed by atoms with E-state index >= 15 is 0 Å². The molecule has 0 amide bonds. The highest BCUT2D eigenvalue weighted by molar-refractivity contribution is 5.95. The first-order valence-corrected chi connectivity index (χ1v) is 17.3. The van der Waals surface area contributed by atoms with E-state index in [1.54, 1.807) is 0 Å². The molecule has 47 heavy (non-hydrogen) atoms. The summed E-state index contributed by atoms with van der Waals surface area (Å²) < 4.78 is 0. The van der Waals surface area contributed by atoms with Crippen molar-refractivity contribution in [2.75, 3.05) is 0 Å². The van der Waals surface area contributed by atoms with Crippen molar-refractivity contribution in [3.8, 4) is 11.1 Å². The SMILES string of the molecule is C=C(/C=C(/c1cccc2c1-c1ccccc1C21c2ccccc2C(CC)c2ccccc21)C(C)C)C1=CC=C(c2ccccc2)CC1. The first-order chi connectivity index (χ1) is 23.0. The van der Waals surface area contributed by atoms with Crippen molar-refractivity contribution in [2.24, 2.45) is 5.92 Å². The van der Waals surface area contributed by atoms with Crippen molar-refractivity contribution in [3.05, 3.63) is 202 Å². The van der Waals surface area contributed by atoms with Crippen LogP contribution in [0.2, 0.25) is 0 Å². The Hall–Kier alpha value is -4.94. The molecule has 230 valence electrons. The highest BCUT2D eigenvalue weighted by Gasteiger charge is 2.51. The minimum atomic E-state index is -0.357. The van der Waals surface area contributed by atoms with Crippen LogP contribution in [0.4, 0.5) is 0 Å². The van der Waals surface area contributed by atoms with Gasteiger partial charge in [-0.25, -0.2) is 0 Å². The predicted octanol–water partition coefficient (Wildman–Crippen LogP) is 12.3. The van der Waals surface area contributed by atoms with Crippen LogP contribution in [0.15, 0.2) is 157 Å². The van der Waals surface area contributed by atoms with Gasteiger partial charge >= 0.3 is 0 Å². The Bertz CT molecular complexity index is 2070. The van der Waals surface area contributed by atoms with Gasteiger partial charge in [0.25, 0.3) is 0 Å². The van der Waals surface area contributed by atoms with E-state index < -0.39 is 0 Å². The molecule has 0 aliphatic heterocycles. The molecule has 0 aromatic heterocycles. The molecule has 3 aliphatic rings. The van der Waals surface area contributed by atoms with Crippen molar-refractivity contribution < 1.29 is 0 Å². The number of allylic oxidation sites excluding steroid dienone is 7. The Morgan fingerprint density at radius 2 is 1.32 bits per heavy atom. The van der Waals surface area contributed by atoms with Gasteiger partial charge in [-0.15, -0.1) is 0 Å². The minimum absolute atomic E-state index is 0.331. The highest BCUT2D eigenvalue weighted by Crippen LogP contribution is 2.62. The van der Waals surface area contributed by atoms with Crippen molar-refractivity contribution in [2.45, 2.75) is 51.4 Å². The van der Waals surface area contributed by atoms with Crippen molar-refractivity contribution in [3.63, 3.8) is 0 Å². The molecule has 0 atom stereocenters. The van der Waals surface area contributed by atoms with Crippen LogP contribution in [0.25, 0.3) is 22.3 Å². The number of rotatable bonds is 6. The van der Waals surface area contributed by atoms with Crippen molar-refractivity contribution in [1.82, 2.24) is 0 Å². The molecule has 0 N–H and O–H groups in total. The van der Waals surface area contributed by atoms with Crippen LogP contribution in [0.5, 0.6) is 0 Å². The first kappa shape index (κ1) is 29.5. The first-order valence-electron chi connectivity index (χ1n) is 17.3. The third-order valence-corrected chi connectivity index (χ3v) is 10.9. The quantitative estimate of drug-likeness (QED) is 0.165. The van der Waals surface area contributed by atoms with Gasteiger partial charge in [0.1, 0.15) is 0 Å². The third kappa shape index (κ3) is 4.49. The van der Waals surface area contributed by atoms with Gasteiger partial charge < -0.3 is 0 Å². The number of fused-ring (bicyclic) bond motifs is 9. The average Bonchev–Trinajstić information content (AvgIpc) is 3.42. The minimum Gasteiger partial charge on any atom is -0.0915 e. The molecule has 0 saturated heterocycles. The van der Waals surface area contributed by atoms with Gasteiger partial charge in [0, 0.05) is 5.92 Å². The fourth-order valence-electron chi connectivity index (χ4n) is 8.82. The molecule has 0 heteroatoms. The summed E-state index contributed by atoms with van der Waals surface area (Å²) >= 11 is 0. The van der Waals surface area contributed by atoms with Crippen LogP contribution in [-0.4, -0.2) is 0 Å². The van der Waals surface area contributed by atoms with Gasteiger partial charge in [-0.2, -0.15) is 0 Å². The summed E-state index contributed by atoms with van der Waals surface area (Å²) in [5.74, 6) is 0.721. The predicted molar refractivity (Wildman–Crippen MR) is 200 cm³/mol. The largest absolute Gasteiger partial charge is 0.0915 e. The van der Waals surface area contributed by atoms with E-state index in [-0.39, 0.29) is 5.41 Å². The van der Waals surface area contributed by atoms with Gasteiger partial charge in [-0.05, 0) is 103 Å². The van der Waals surface area contributed by atoms with Crippen LogP contribution >= 0.6 is 0 Å². The van der Waals surface area contributed by atoms with Gasteiger partial charge in [0.05, 0.1) is 5.41 Å². The van der Waals surface area contributed by atoms with Crippen LogP contribution < -0.4 is 0 Å². The molecule has 0 unspecified atom stereocenters. The third-order valence-electron chi connectivity index (χ3n) is 10.9. The topological polar surface area (TPSA) is 0 Å². The molecule has 0 bridgehead atoms. The Morgan fingerprint density at radius 1 is 0.702 bits per heavy atom. The summed E-state index contributed by atoms with van der Waals surface area (Å²) in [6.07, 6.45) is 10.1. The van der Waals surface area contributed by atoms with Crippen LogP contribution in [0, 0.1) is 5.92 Å². The Labute approximate surface area is 280 Å². The van der Waals surface area contributed by atoms with E-state index in [1.165, 1.54) is 72.4 Å². The second kappa shape index (κ2) is 11.7. The van der Waals surface area contributed by atoms with Gasteiger partial charge in [-0.1, -0.05) is 167 Å². The summed E-state index contributed by atoms with van der Waals surface area (Å²) in [6, 6.07) is 45.5. The van der Waals surface area contributed by atoms with E-state index in [9.17, 15) is 0 Å². The summed E-state index contributed by atoms with van der Waals surface area (Å²) in [6.45, 7) is 11.6. The van der Waals surface area contributed by atoms with Crippen LogP contribution in [0.3, 0.4) is 0 Å². The Kier molecular flexibility index (Phi) is 7.33. The molecule has 1 spiro atoms. The lowest BCUT2D eigenvalue weighted by Gasteiger charge is -2.43. The van der Waals surface area contributed by atoms with E-state index in [1.807, 2.05) is 0 Å². The van der Waals surface area contributed by atoms with Gasteiger partial charge in [-0.3, -0.25) is 0 Å². The molecule has 5 aromatic rings. The average molecular weight is 607 g/mol. The Morgan fingerprint density at radius 3 is 1.96 bits per heavy atom. The molecule has 0 heterocycles. The highest BCUT2D eigenvalue weighted by atomic mass is 14.5. The lowest BCUT2D eigenvalue weighted by atomic mass is 9.59. The van der Waals surface area contributed by atoms with E-state index in [0.717, 1.165) is 24.8 Å². The smallest absolute Gasteiger partial charge is 0.0719 e. The second-order valence-corrected chi connectivity index (χ2v) is 13.7. The zero-order chi connectivity index (χ0) is 32.1. The number of hydrogen-bond acceptors (Lipinski definition) is 0. The normalized spacial score (nSPS) is 19.4. The summed E-state index contributed by atoms with van der Waals surface area (Å²) in [5, 5.41) is 0. The number of benzene rings is 5. The molecule has 5 aromatic carbocycles. The summed E-state index contributed by atoms with van der Waals surface area (Å²) in [5.41, 5.74) is 18.8. The van der Waals surface area contributed by atoms with E-state index in [4.69, 9.17) is 0 Å². The zero-order valence-electron chi connectivity index (χ0n) is 27.8. The van der Waals surface area contributed by atoms with Crippen molar-refractivity contribution >= 4 is 11.1 Å². The molecule has 3 aliphatic carbocycles. The fraction of sp³-hybridized carbons (Fsp3) is 0.191. The molecule has 0 fully saturated rings. The second-order valence-electron chi connectivity index (χ2n) is 13.7. The molecule has 0 radical (unpaired) electrons. The maximum Gasteiger partial charge on any atom is 0.0719 e. The van der Waals surface area contributed by atoms with Crippen molar-refractivity contribution in [1.29, 1.82) is 0 Å². The van der Waals surface area contributed by atoms with Crippen LogP contribution in [0.1, 0.15) is 90.5 Å². The summed E-state index contributed by atoms with van der Waals surface area (Å²) in [4.78, 5) is 0. The van der Waals surface area contributed by atoms with Crippen LogP contribution in [-0.2, 0) is 5.41 Å². The number of hydrogen-bond donors (Lipinski definition) is 0. The summed E-state index contributed by atoms with van der Waals surface area (Å²) in [7, 11) is 0. The lowest BCUT2D eigenvalue weighted by molar-refractivity contribution is 0.649. The Balaban J connectivity index is 1.32. The fourth-order valence-corrected chi connectivity index (χ4v) is 8.82.